The van der Waals surface area contributed by atoms with Crippen LogP contribution in [-0.4, -0.2) is 54.6 Å². The van der Waals surface area contributed by atoms with E-state index in [9.17, 15) is 13.2 Å². The summed E-state index contributed by atoms with van der Waals surface area (Å²) in [5, 5.41) is 3.13. The highest BCUT2D eigenvalue weighted by atomic mass is 32.2. The van der Waals surface area contributed by atoms with Crippen LogP contribution >= 0.6 is 23.1 Å². The van der Waals surface area contributed by atoms with Gasteiger partial charge >= 0.3 is 6.18 Å². The minimum absolute atomic E-state index is 0.121. The Labute approximate surface area is 208 Å². The van der Waals surface area contributed by atoms with Gasteiger partial charge < -0.3 is 23.5 Å². The highest BCUT2D eigenvalue weighted by molar-refractivity contribution is 7.99. The monoisotopic (exact) mass is 530 g/mol. The number of hydrogen-bond acceptors (Lipinski definition) is 10. The van der Waals surface area contributed by atoms with Gasteiger partial charge in [-0.15, -0.1) is 23.1 Å². The molecule has 0 bridgehead atoms. The van der Waals surface area contributed by atoms with Crippen molar-refractivity contribution in [1.29, 1.82) is 0 Å². The highest BCUT2D eigenvalue weighted by Gasteiger charge is 2.34. The summed E-state index contributed by atoms with van der Waals surface area (Å²) in [6, 6.07) is 5.31. The van der Waals surface area contributed by atoms with E-state index in [-0.39, 0.29) is 12.3 Å². The summed E-state index contributed by atoms with van der Waals surface area (Å²) in [6.07, 6.45) is -4.48. The fraction of sp³-hybridized carbons (Fsp3) is 0.409. The van der Waals surface area contributed by atoms with E-state index in [1.807, 2.05) is 25.0 Å². The van der Waals surface area contributed by atoms with Gasteiger partial charge in [-0.2, -0.15) is 13.2 Å². The lowest BCUT2D eigenvalue weighted by Crippen LogP contribution is -2.35. The van der Waals surface area contributed by atoms with E-state index >= 15 is 0 Å². The molecule has 0 radical (unpaired) electrons. The van der Waals surface area contributed by atoms with E-state index in [1.54, 1.807) is 31.0 Å². The summed E-state index contributed by atoms with van der Waals surface area (Å²) in [5.74, 6) is 2.82. The van der Waals surface area contributed by atoms with Gasteiger partial charge in [0, 0.05) is 31.7 Å². The molecule has 4 rings (SSSR count). The number of nitrogens with one attached hydrogen (secondary N) is 1. The molecule has 8 nitrogen and oxygen atoms in total. The Hall–Kier alpha value is -2.61. The van der Waals surface area contributed by atoms with Gasteiger partial charge in [-0.25, -0.2) is 10.4 Å². The molecule has 0 spiro atoms. The number of thiazole rings is 1. The molecule has 0 saturated carbocycles. The number of ether oxygens (including phenoxy) is 3. The average Bonchev–Trinajstić information content (AvgIpc) is 3.54. The number of halogens is 3. The standard InChI is InChI=1S/C22H25F3N4O4S2/c1-13-20(28(10-29(13)26-2)11-34-12-30-3)19-7-16-17(5-15(31-4)6-18(16)33-19)32-8-14-9-35-21(27-14)22(23,24)25/h5-7,9,26H,8,10-12H2,1-4H3. The van der Waals surface area contributed by atoms with Gasteiger partial charge in [0.1, 0.15) is 36.1 Å². The third-order valence-corrected chi connectivity index (χ3v) is 7.14. The van der Waals surface area contributed by atoms with Gasteiger partial charge in [0.25, 0.3) is 0 Å². The van der Waals surface area contributed by atoms with E-state index in [0.717, 1.165) is 11.4 Å². The van der Waals surface area contributed by atoms with Crippen molar-refractivity contribution in [1.82, 2.24) is 20.3 Å². The Morgan fingerprint density at radius 2 is 2.06 bits per heavy atom. The minimum atomic E-state index is -4.48. The Kier molecular flexibility index (Phi) is 7.69. The van der Waals surface area contributed by atoms with Gasteiger partial charge in [-0.1, -0.05) is 0 Å². The molecule has 0 amide bonds. The first kappa shape index (κ1) is 25.5. The SMILES string of the molecule is CNN1CN(CSCOC)C(c2cc3c(OCc4csc(C(F)(F)F)n4)cc(OC)cc3o2)=C1C. The van der Waals surface area contributed by atoms with Gasteiger partial charge in [-0.05, 0) is 13.0 Å². The van der Waals surface area contributed by atoms with Crippen molar-refractivity contribution in [3.63, 3.8) is 0 Å². The first-order valence-electron chi connectivity index (χ1n) is 10.5. The normalized spacial score (nSPS) is 14.5. The number of rotatable bonds is 10. The molecule has 190 valence electrons. The number of thioether (sulfide) groups is 1. The number of allylic oxidation sites excluding steroid dienone is 1. The second-order valence-corrected chi connectivity index (χ2v) is 9.35. The zero-order chi connectivity index (χ0) is 25.2. The summed E-state index contributed by atoms with van der Waals surface area (Å²) in [6.45, 7) is 2.51. The molecule has 0 unspecified atom stereocenters. The third-order valence-electron chi connectivity index (χ3n) is 5.31. The van der Waals surface area contributed by atoms with Gasteiger partial charge in [-0.3, -0.25) is 5.01 Å². The first-order valence-corrected chi connectivity index (χ1v) is 12.5. The van der Waals surface area contributed by atoms with Crippen molar-refractivity contribution < 1.29 is 31.8 Å². The highest BCUT2D eigenvalue weighted by Crippen LogP contribution is 2.40. The lowest BCUT2D eigenvalue weighted by molar-refractivity contribution is -0.137. The summed E-state index contributed by atoms with van der Waals surface area (Å²) < 4.78 is 61.3. The Morgan fingerprint density at radius 3 is 2.71 bits per heavy atom. The van der Waals surface area contributed by atoms with Crippen LogP contribution in [0.15, 0.2) is 33.7 Å². The number of benzene rings is 1. The van der Waals surface area contributed by atoms with Crippen LogP contribution in [0.4, 0.5) is 13.2 Å². The van der Waals surface area contributed by atoms with Gasteiger partial charge in [0.05, 0.1) is 35.7 Å². The molecule has 13 heteroatoms. The largest absolute Gasteiger partial charge is 0.496 e. The van der Waals surface area contributed by atoms with Crippen molar-refractivity contribution in [2.45, 2.75) is 19.7 Å². The third kappa shape index (κ3) is 5.47. The van der Waals surface area contributed by atoms with Crippen LogP contribution in [0.25, 0.3) is 16.7 Å². The molecule has 0 atom stereocenters. The maximum absolute atomic E-state index is 12.9. The van der Waals surface area contributed by atoms with Gasteiger partial charge in [0.2, 0.25) is 0 Å². The maximum atomic E-state index is 12.9. The molecule has 0 fully saturated rings. The molecular formula is C22H25F3N4O4S2. The van der Waals surface area contributed by atoms with Crippen molar-refractivity contribution in [2.24, 2.45) is 0 Å². The summed E-state index contributed by atoms with van der Waals surface area (Å²) >= 11 is 2.17. The predicted molar refractivity (Wildman–Crippen MR) is 129 cm³/mol. The lowest BCUT2D eigenvalue weighted by atomic mass is 10.2. The van der Waals surface area contributed by atoms with Crippen LogP contribution in [0.3, 0.4) is 0 Å². The number of fused-ring (bicyclic) bond motifs is 1. The number of furan rings is 1. The molecule has 3 aromatic rings. The maximum Gasteiger partial charge on any atom is 0.443 e. The van der Waals surface area contributed by atoms with E-state index in [0.29, 0.717) is 58.0 Å². The summed E-state index contributed by atoms with van der Waals surface area (Å²) in [7, 11) is 5.03. The fourth-order valence-electron chi connectivity index (χ4n) is 3.70. The fourth-order valence-corrected chi connectivity index (χ4v) is 5.05. The zero-order valence-electron chi connectivity index (χ0n) is 19.6. The van der Waals surface area contributed by atoms with Crippen molar-refractivity contribution in [2.75, 3.05) is 39.8 Å². The number of hydrazine groups is 1. The molecule has 1 aliphatic heterocycles. The smallest absolute Gasteiger partial charge is 0.443 e. The summed E-state index contributed by atoms with van der Waals surface area (Å²) in [5.41, 5.74) is 5.81. The molecule has 35 heavy (non-hydrogen) atoms. The van der Waals surface area contributed by atoms with Crippen LogP contribution in [0.5, 0.6) is 11.5 Å². The van der Waals surface area contributed by atoms with E-state index < -0.39 is 11.2 Å². The van der Waals surface area contributed by atoms with Crippen molar-refractivity contribution >= 4 is 39.8 Å². The van der Waals surface area contributed by atoms with Crippen LogP contribution < -0.4 is 14.9 Å². The molecule has 2 aromatic heterocycles. The molecular weight excluding hydrogens is 505 g/mol. The Bertz CT molecular complexity index is 1210. The van der Waals surface area contributed by atoms with Crippen LogP contribution in [0.1, 0.15) is 23.4 Å². The lowest BCUT2D eigenvalue weighted by Gasteiger charge is -2.22. The van der Waals surface area contributed by atoms with E-state index in [1.165, 1.54) is 12.5 Å². The zero-order valence-corrected chi connectivity index (χ0v) is 21.2. The van der Waals surface area contributed by atoms with Crippen LogP contribution in [0, 0.1) is 0 Å². The topological polar surface area (TPSA) is 72.2 Å². The second kappa shape index (κ2) is 10.6. The Balaban J connectivity index is 1.65. The number of aromatic nitrogens is 1. The van der Waals surface area contributed by atoms with Gasteiger partial charge in [0.15, 0.2) is 10.8 Å². The minimum Gasteiger partial charge on any atom is -0.496 e. The Morgan fingerprint density at radius 1 is 1.26 bits per heavy atom. The molecule has 0 aliphatic carbocycles. The number of alkyl halides is 3. The average molecular weight is 531 g/mol. The van der Waals surface area contributed by atoms with Crippen LogP contribution in [0.2, 0.25) is 0 Å². The molecule has 1 aromatic carbocycles. The molecule has 0 saturated heterocycles. The number of nitrogens with zero attached hydrogens (tertiary/aromatic N) is 3. The molecule has 3 heterocycles. The van der Waals surface area contributed by atoms with Crippen molar-refractivity contribution in [3.8, 4) is 11.5 Å². The summed E-state index contributed by atoms with van der Waals surface area (Å²) in [4.78, 5) is 5.80. The van der Waals surface area contributed by atoms with E-state index in [2.05, 4.69) is 15.3 Å². The molecule has 1 aliphatic rings. The first-order chi connectivity index (χ1) is 16.7. The van der Waals surface area contributed by atoms with E-state index in [4.69, 9.17) is 18.6 Å². The quantitative estimate of drug-likeness (QED) is 0.282. The van der Waals surface area contributed by atoms with Crippen molar-refractivity contribution in [3.05, 3.63) is 45.7 Å². The van der Waals surface area contributed by atoms with Crippen LogP contribution in [-0.2, 0) is 17.5 Å². The second-order valence-electron chi connectivity index (χ2n) is 7.59. The predicted octanol–water partition coefficient (Wildman–Crippen LogP) is 5.19. The molecule has 1 N–H and O–H groups in total. The number of methoxy groups -OCH3 is 2. The number of hydrogen-bond donors (Lipinski definition) is 1.